The Kier molecular flexibility index (Phi) is 10.2. The lowest BCUT2D eigenvalue weighted by molar-refractivity contribution is -0.153. The maximum atomic E-state index is 13.3. The number of piperidine rings is 1. The fourth-order valence-corrected chi connectivity index (χ4v) is 6.91. The topological polar surface area (TPSA) is 194 Å². The number of methoxy groups -OCH3 is 1. The first-order valence-electron chi connectivity index (χ1n) is 15.3. The summed E-state index contributed by atoms with van der Waals surface area (Å²) in [7, 11) is 5.14. The van der Waals surface area contributed by atoms with Gasteiger partial charge in [0, 0.05) is 51.6 Å². The Morgan fingerprint density at radius 3 is 2.71 bits per heavy atom. The van der Waals surface area contributed by atoms with Gasteiger partial charge >= 0.3 is 6.09 Å². The Bertz CT molecular complexity index is 1360. The largest absolute Gasteiger partial charge is 0.493 e. The summed E-state index contributed by atoms with van der Waals surface area (Å²) in [5.41, 5.74) is 10.5. The Balaban J connectivity index is 1.45. The van der Waals surface area contributed by atoms with Crippen LogP contribution >= 0.6 is 0 Å². The van der Waals surface area contributed by atoms with Crippen LogP contribution in [0.1, 0.15) is 50.7 Å². The van der Waals surface area contributed by atoms with Crippen molar-refractivity contribution in [3.63, 3.8) is 0 Å². The standard InChI is InChI=1S/C31H47N7O7/c1-18-9-10-22(43-6)25-24(18)30-13-16-37(4)19(2)31(30,42)12-11-23(26(30)45-25)44-29(41)38(5)17-15-34-27(40)21(36-20(3)39)8-7-14-35-28(32)33/h9-11,19,21,26,42H,7-8,12-17H2,1-6H3,(H,34,40)(H,36,39)(H4,32,33,35)/t19-,21+,26+,30+,31-/m1/s1. The summed E-state index contributed by atoms with van der Waals surface area (Å²) in [6.45, 7) is 6.66. The molecule has 4 rings (SSSR count). The number of nitrogens with zero attached hydrogens (tertiary/aromatic N) is 3. The molecule has 0 bridgehead atoms. The SMILES string of the molecule is COc1ccc(C)c2c1O[C@H]1C(OC(=O)N(C)CCNC(=O)[C@H](CCCN=C(N)N)NC(C)=O)=CC[C@@]3(O)[C@@H](C)N(C)CC[C@]213. The number of amides is 3. The van der Waals surface area contributed by atoms with Gasteiger partial charge in [-0.1, -0.05) is 6.07 Å². The highest BCUT2D eigenvalue weighted by molar-refractivity contribution is 5.86. The number of aryl methyl sites for hydroxylation is 1. The van der Waals surface area contributed by atoms with E-state index in [0.29, 0.717) is 49.6 Å². The Morgan fingerprint density at radius 1 is 1.31 bits per heavy atom. The number of aliphatic hydroxyl groups is 1. The van der Waals surface area contributed by atoms with E-state index in [4.69, 9.17) is 25.7 Å². The zero-order valence-corrected chi connectivity index (χ0v) is 27.0. The average Bonchev–Trinajstić information content (AvgIpc) is 3.35. The van der Waals surface area contributed by atoms with Gasteiger partial charge in [0.1, 0.15) is 11.8 Å². The maximum absolute atomic E-state index is 13.3. The number of nitrogens with two attached hydrogens (primary N) is 2. The highest BCUT2D eigenvalue weighted by Gasteiger charge is 2.69. The molecule has 2 heterocycles. The lowest BCUT2D eigenvalue weighted by Gasteiger charge is -2.58. The van der Waals surface area contributed by atoms with Crippen molar-refractivity contribution in [2.45, 2.75) is 75.7 Å². The molecule has 1 saturated heterocycles. The van der Waals surface area contributed by atoms with Gasteiger partial charge in [0.2, 0.25) is 11.8 Å². The fraction of sp³-hybridized carbons (Fsp3) is 0.613. The van der Waals surface area contributed by atoms with Gasteiger partial charge < -0.3 is 51.2 Å². The molecule has 0 aromatic heterocycles. The van der Waals surface area contributed by atoms with E-state index in [1.165, 1.54) is 11.8 Å². The number of hydrogen-bond acceptors (Lipinski definition) is 9. The number of carbonyl (C=O) groups is 3. The number of benzene rings is 1. The van der Waals surface area contributed by atoms with E-state index in [-0.39, 0.29) is 43.3 Å². The monoisotopic (exact) mass is 629 g/mol. The van der Waals surface area contributed by atoms with E-state index in [2.05, 4.69) is 20.5 Å². The fourth-order valence-electron chi connectivity index (χ4n) is 6.91. The van der Waals surface area contributed by atoms with Gasteiger partial charge in [-0.3, -0.25) is 14.6 Å². The number of fused-ring (bicyclic) bond motifs is 1. The van der Waals surface area contributed by atoms with Gasteiger partial charge in [-0.2, -0.15) is 0 Å². The molecule has 45 heavy (non-hydrogen) atoms. The van der Waals surface area contributed by atoms with Crippen LogP contribution in [0, 0.1) is 6.92 Å². The highest BCUT2D eigenvalue weighted by atomic mass is 16.6. The number of aliphatic imine (C=N–C) groups is 1. The van der Waals surface area contributed by atoms with E-state index >= 15 is 0 Å². The molecule has 3 amide bonds. The summed E-state index contributed by atoms with van der Waals surface area (Å²) in [4.78, 5) is 45.1. The molecule has 1 fully saturated rings. The van der Waals surface area contributed by atoms with Crippen LogP contribution in [0.5, 0.6) is 11.5 Å². The van der Waals surface area contributed by atoms with Crippen molar-refractivity contribution in [2.75, 3.05) is 47.4 Å². The minimum Gasteiger partial charge on any atom is -0.493 e. The van der Waals surface area contributed by atoms with Crippen molar-refractivity contribution < 1.29 is 33.7 Å². The predicted octanol–water partition coefficient (Wildman–Crippen LogP) is 0.488. The van der Waals surface area contributed by atoms with Gasteiger partial charge in [0.05, 0.1) is 18.1 Å². The molecule has 14 heteroatoms. The lowest BCUT2D eigenvalue weighted by Crippen LogP contribution is -2.71. The van der Waals surface area contributed by atoms with Gasteiger partial charge in [-0.25, -0.2) is 4.79 Å². The quantitative estimate of drug-likeness (QED) is 0.131. The van der Waals surface area contributed by atoms with E-state index in [1.54, 1.807) is 20.2 Å². The van der Waals surface area contributed by atoms with Crippen LogP contribution in [-0.4, -0.2) is 110 Å². The second kappa shape index (κ2) is 13.5. The Labute approximate surface area is 264 Å². The van der Waals surface area contributed by atoms with Crippen molar-refractivity contribution in [1.82, 2.24) is 20.4 Å². The molecule has 5 atom stereocenters. The maximum Gasteiger partial charge on any atom is 0.414 e. The molecule has 0 unspecified atom stereocenters. The van der Waals surface area contributed by atoms with E-state index in [1.807, 2.05) is 33.0 Å². The number of hydrogen-bond donors (Lipinski definition) is 5. The molecule has 14 nitrogen and oxygen atoms in total. The number of rotatable bonds is 11. The van der Waals surface area contributed by atoms with Crippen molar-refractivity contribution in [3.8, 4) is 11.5 Å². The molecule has 3 aliphatic rings. The van der Waals surface area contributed by atoms with E-state index < -0.39 is 29.3 Å². The average molecular weight is 630 g/mol. The molecule has 0 radical (unpaired) electrons. The summed E-state index contributed by atoms with van der Waals surface area (Å²) in [5.74, 6) is 0.684. The molecule has 0 saturated carbocycles. The molecule has 248 valence electrons. The molecule has 1 aromatic rings. The number of ether oxygens (including phenoxy) is 3. The first-order valence-corrected chi connectivity index (χ1v) is 15.3. The first-order chi connectivity index (χ1) is 21.3. The van der Waals surface area contributed by atoms with Crippen molar-refractivity contribution in [1.29, 1.82) is 0 Å². The number of likely N-dealkylation sites (N-methyl/N-ethyl adjacent to an activating group) is 2. The normalized spacial score (nSPS) is 25.7. The second-order valence-electron chi connectivity index (χ2n) is 12.2. The molecule has 1 aromatic carbocycles. The minimum absolute atomic E-state index is 0.0416. The number of nitrogens with one attached hydrogen (secondary N) is 2. The predicted molar refractivity (Wildman–Crippen MR) is 168 cm³/mol. The second-order valence-corrected chi connectivity index (χ2v) is 12.2. The van der Waals surface area contributed by atoms with Crippen LogP contribution in [-0.2, 0) is 19.7 Å². The zero-order chi connectivity index (χ0) is 33.1. The van der Waals surface area contributed by atoms with Gasteiger partial charge in [0.15, 0.2) is 23.6 Å². The van der Waals surface area contributed by atoms with Gasteiger partial charge in [0.25, 0.3) is 0 Å². The molecule has 1 aliphatic carbocycles. The summed E-state index contributed by atoms with van der Waals surface area (Å²) in [5, 5.41) is 17.8. The third-order valence-electron chi connectivity index (χ3n) is 9.44. The molecular weight excluding hydrogens is 582 g/mol. The number of guanidine groups is 1. The molecular formula is C31H47N7O7. The third-order valence-corrected chi connectivity index (χ3v) is 9.44. The van der Waals surface area contributed by atoms with Crippen molar-refractivity contribution >= 4 is 23.9 Å². The summed E-state index contributed by atoms with van der Waals surface area (Å²) in [6, 6.07) is 2.85. The smallest absolute Gasteiger partial charge is 0.414 e. The van der Waals surface area contributed by atoms with Crippen LogP contribution in [0.2, 0.25) is 0 Å². The van der Waals surface area contributed by atoms with Crippen molar-refractivity contribution in [3.05, 3.63) is 35.1 Å². The highest BCUT2D eigenvalue weighted by Crippen LogP contribution is 2.62. The van der Waals surface area contributed by atoms with Crippen LogP contribution in [0.4, 0.5) is 4.79 Å². The zero-order valence-electron chi connectivity index (χ0n) is 27.0. The van der Waals surface area contributed by atoms with E-state index in [0.717, 1.165) is 11.1 Å². The van der Waals surface area contributed by atoms with Crippen LogP contribution in [0.3, 0.4) is 0 Å². The number of likely N-dealkylation sites (tertiary alicyclic amines) is 1. The summed E-state index contributed by atoms with van der Waals surface area (Å²) >= 11 is 0. The minimum atomic E-state index is -1.19. The Morgan fingerprint density at radius 2 is 2.04 bits per heavy atom. The molecule has 7 N–H and O–H groups in total. The van der Waals surface area contributed by atoms with Gasteiger partial charge in [-0.05, 0) is 64.4 Å². The van der Waals surface area contributed by atoms with Crippen LogP contribution in [0.15, 0.2) is 29.0 Å². The Hall–Kier alpha value is -4.04. The third kappa shape index (κ3) is 6.39. The van der Waals surface area contributed by atoms with Crippen molar-refractivity contribution in [2.24, 2.45) is 16.5 Å². The van der Waals surface area contributed by atoms with Gasteiger partial charge in [-0.15, -0.1) is 0 Å². The van der Waals surface area contributed by atoms with Crippen LogP contribution < -0.4 is 31.6 Å². The summed E-state index contributed by atoms with van der Waals surface area (Å²) in [6.07, 6.45) is 2.06. The molecule has 2 aliphatic heterocycles. The summed E-state index contributed by atoms with van der Waals surface area (Å²) < 4.78 is 18.2. The lowest BCUT2D eigenvalue weighted by atomic mass is 9.54. The van der Waals surface area contributed by atoms with E-state index in [9.17, 15) is 19.5 Å². The van der Waals surface area contributed by atoms with Crippen LogP contribution in [0.25, 0.3) is 0 Å². The molecule has 1 spiro atoms. The first kappa shape index (κ1) is 33.8. The number of carbonyl (C=O) groups excluding carboxylic acids is 3.